The lowest BCUT2D eigenvalue weighted by Crippen LogP contribution is -2.09. The fourth-order valence-corrected chi connectivity index (χ4v) is 9.54. The van der Waals surface area contributed by atoms with Crippen molar-refractivity contribution < 1.29 is 0 Å². The Kier molecular flexibility index (Phi) is 7.72. The maximum Gasteiger partial charge on any atom is 0.0724 e. The molecule has 282 valence electrons. The van der Waals surface area contributed by atoms with Crippen molar-refractivity contribution >= 4 is 82.2 Å². The molecule has 0 bridgehead atoms. The van der Waals surface area contributed by atoms with Crippen molar-refractivity contribution in [1.29, 1.82) is 0 Å². The molecule has 12 aromatic rings. The summed E-state index contributed by atoms with van der Waals surface area (Å²) in [4.78, 5) is 6.92. The molecular formula is C56H38N4. The van der Waals surface area contributed by atoms with Gasteiger partial charge in [-0.05, 0) is 125 Å². The lowest BCUT2D eigenvalue weighted by Gasteiger charge is -2.25. The summed E-state index contributed by atoms with van der Waals surface area (Å²) < 4.78 is 4.80. The number of rotatable bonds is 6. The van der Waals surface area contributed by atoms with E-state index in [1.165, 1.54) is 59.8 Å². The third kappa shape index (κ3) is 5.35. The molecule has 0 N–H and O–H groups in total. The largest absolute Gasteiger partial charge is 0.310 e. The number of anilines is 3. The molecule has 4 heteroatoms. The molecule has 0 saturated carbocycles. The predicted molar refractivity (Wildman–Crippen MR) is 253 cm³/mol. The summed E-state index contributed by atoms with van der Waals surface area (Å²) in [6.07, 6.45) is 3.87. The first-order chi connectivity index (χ1) is 29.7. The Balaban J connectivity index is 1.10. The van der Waals surface area contributed by atoms with Gasteiger partial charge in [-0.15, -0.1) is 0 Å². The summed E-state index contributed by atoms with van der Waals surface area (Å²) in [5, 5.41) is 9.75. The van der Waals surface area contributed by atoms with Crippen molar-refractivity contribution in [3.63, 3.8) is 0 Å². The molecule has 0 aliphatic carbocycles. The summed E-state index contributed by atoms with van der Waals surface area (Å²) >= 11 is 0. The lowest BCUT2D eigenvalue weighted by atomic mass is 9.93. The number of fused-ring (bicyclic) bond motifs is 8. The van der Waals surface area contributed by atoms with Crippen LogP contribution in [-0.4, -0.2) is 14.1 Å². The van der Waals surface area contributed by atoms with Gasteiger partial charge < -0.3 is 14.0 Å². The molecule has 0 atom stereocenters. The first-order valence-electron chi connectivity index (χ1n) is 20.5. The van der Waals surface area contributed by atoms with Gasteiger partial charge in [0.25, 0.3) is 0 Å². The maximum absolute atomic E-state index is 4.58. The zero-order valence-corrected chi connectivity index (χ0v) is 33.0. The molecule has 60 heavy (non-hydrogen) atoms. The number of hydrogen-bond donors (Lipinski definition) is 0. The third-order valence-electron chi connectivity index (χ3n) is 12.2. The fraction of sp³-hybridized carbons (Fsp3) is 0.0179. The topological polar surface area (TPSA) is 26.0 Å². The van der Waals surface area contributed by atoms with E-state index in [-0.39, 0.29) is 0 Å². The van der Waals surface area contributed by atoms with Crippen LogP contribution < -0.4 is 4.90 Å². The molecule has 12 rings (SSSR count). The van der Waals surface area contributed by atoms with E-state index >= 15 is 0 Å². The Hall–Kier alpha value is -7.95. The molecule has 0 aliphatic rings. The van der Waals surface area contributed by atoms with Crippen molar-refractivity contribution in [1.82, 2.24) is 14.1 Å². The summed E-state index contributed by atoms with van der Waals surface area (Å²) in [5.41, 5.74) is 13.9. The number of benzene rings is 9. The molecule has 0 spiro atoms. The number of aryl methyl sites for hydroxylation is 1. The zero-order chi connectivity index (χ0) is 39.7. The van der Waals surface area contributed by atoms with E-state index in [1.807, 2.05) is 12.4 Å². The Labute approximate surface area is 347 Å². The SMILES string of the molecule is Cc1ccc2c(-c3cccc4cc(-n5c6ccc(N(c7ccccc7)c7ccccc7)cc6c6cc(-n7c8ccccc8c8ccncc87)ccc65)ccc34)cccc2c1. The van der Waals surface area contributed by atoms with Crippen molar-refractivity contribution in [3.8, 4) is 22.5 Å². The smallest absolute Gasteiger partial charge is 0.0724 e. The molecule has 3 heterocycles. The molecule has 0 aliphatic heterocycles. The van der Waals surface area contributed by atoms with Gasteiger partial charge in [0.05, 0.1) is 28.3 Å². The standard InChI is InChI=1S/C56H38N4/c1-37-22-26-45-38(32-37)12-10-19-47(45)48-20-11-13-39-33-42(23-27-46(39)48)59-54-28-24-43(58(40-14-4-2-5-15-40)41-16-6-3-7-17-41)34-51(54)52-35-44(25-29-55(52)59)60-53-21-9-8-18-49(53)50-30-31-57-36-56(50)60/h2-36H,1H3. The molecule has 0 saturated heterocycles. The monoisotopic (exact) mass is 766 g/mol. The predicted octanol–water partition coefficient (Wildman–Crippen LogP) is 15.0. The average molecular weight is 767 g/mol. The van der Waals surface area contributed by atoms with Gasteiger partial charge in [-0.1, -0.05) is 121 Å². The number of para-hydroxylation sites is 3. The molecule has 4 nitrogen and oxygen atoms in total. The van der Waals surface area contributed by atoms with Gasteiger partial charge in [-0.25, -0.2) is 0 Å². The molecular weight excluding hydrogens is 729 g/mol. The Morgan fingerprint density at radius 1 is 0.367 bits per heavy atom. The second-order valence-corrected chi connectivity index (χ2v) is 15.7. The highest BCUT2D eigenvalue weighted by Crippen LogP contribution is 2.42. The molecule has 0 radical (unpaired) electrons. The van der Waals surface area contributed by atoms with Gasteiger partial charge >= 0.3 is 0 Å². The van der Waals surface area contributed by atoms with Crippen LogP contribution in [0.25, 0.3) is 87.7 Å². The molecule has 3 aromatic heterocycles. The van der Waals surface area contributed by atoms with E-state index in [1.54, 1.807) is 0 Å². The quantitative estimate of drug-likeness (QED) is 0.168. The lowest BCUT2D eigenvalue weighted by molar-refractivity contribution is 1.16. The maximum atomic E-state index is 4.58. The molecule has 0 unspecified atom stereocenters. The van der Waals surface area contributed by atoms with Crippen LogP contribution in [0.4, 0.5) is 17.1 Å². The van der Waals surface area contributed by atoms with Crippen LogP contribution in [0.2, 0.25) is 0 Å². The molecule has 9 aromatic carbocycles. The number of pyridine rings is 1. The summed E-state index contributed by atoms with van der Waals surface area (Å²) in [7, 11) is 0. The van der Waals surface area contributed by atoms with Gasteiger partial charge in [0.2, 0.25) is 0 Å². The molecule has 0 fully saturated rings. The number of nitrogens with zero attached hydrogens (tertiary/aromatic N) is 4. The normalized spacial score (nSPS) is 11.8. The first-order valence-corrected chi connectivity index (χ1v) is 20.5. The van der Waals surface area contributed by atoms with Crippen LogP contribution in [0.1, 0.15) is 5.56 Å². The van der Waals surface area contributed by atoms with Crippen LogP contribution in [0, 0.1) is 6.92 Å². The van der Waals surface area contributed by atoms with Crippen LogP contribution in [0.15, 0.2) is 213 Å². The molecule has 0 amide bonds. The summed E-state index contributed by atoms with van der Waals surface area (Å²) in [6, 6.07) is 73.0. The van der Waals surface area contributed by atoms with Gasteiger partial charge in [0.15, 0.2) is 0 Å². The van der Waals surface area contributed by atoms with Gasteiger partial charge in [-0.3, -0.25) is 4.98 Å². The van der Waals surface area contributed by atoms with Crippen LogP contribution >= 0.6 is 0 Å². The van der Waals surface area contributed by atoms with Crippen LogP contribution in [0.3, 0.4) is 0 Å². The Morgan fingerprint density at radius 3 is 1.68 bits per heavy atom. The van der Waals surface area contributed by atoms with E-state index < -0.39 is 0 Å². The highest BCUT2D eigenvalue weighted by molar-refractivity contribution is 6.14. The van der Waals surface area contributed by atoms with Gasteiger partial charge in [-0.2, -0.15) is 0 Å². The van der Waals surface area contributed by atoms with Crippen molar-refractivity contribution in [3.05, 3.63) is 218 Å². The minimum Gasteiger partial charge on any atom is -0.310 e. The number of hydrogen-bond acceptors (Lipinski definition) is 2. The summed E-state index contributed by atoms with van der Waals surface area (Å²) in [6.45, 7) is 2.16. The summed E-state index contributed by atoms with van der Waals surface area (Å²) in [5.74, 6) is 0. The van der Waals surface area contributed by atoms with E-state index in [2.05, 4.69) is 226 Å². The number of aromatic nitrogens is 3. The van der Waals surface area contributed by atoms with Crippen LogP contribution in [0.5, 0.6) is 0 Å². The van der Waals surface area contributed by atoms with Gasteiger partial charge in [0, 0.05) is 56.2 Å². The Morgan fingerprint density at radius 2 is 0.933 bits per heavy atom. The fourth-order valence-electron chi connectivity index (χ4n) is 9.54. The zero-order valence-electron chi connectivity index (χ0n) is 33.0. The minimum atomic E-state index is 1.09. The van der Waals surface area contributed by atoms with Crippen LogP contribution in [-0.2, 0) is 0 Å². The van der Waals surface area contributed by atoms with E-state index in [4.69, 9.17) is 0 Å². The second-order valence-electron chi connectivity index (χ2n) is 15.7. The first kappa shape index (κ1) is 34.1. The average Bonchev–Trinajstić information content (AvgIpc) is 3.81. The van der Waals surface area contributed by atoms with E-state index in [0.29, 0.717) is 0 Å². The highest BCUT2D eigenvalue weighted by Gasteiger charge is 2.20. The third-order valence-corrected chi connectivity index (χ3v) is 12.2. The Bertz CT molecular complexity index is 3520. The second kappa shape index (κ2) is 13.6. The van der Waals surface area contributed by atoms with Crippen molar-refractivity contribution in [2.75, 3.05) is 4.90 Å². The minimum absolute atomic E-state index is 1.09. The van der Waals surface area contributed by atoms with Gasteiger partial charge in [0.1, 0.15) is 0 Å². The van der Waals surface area contributed by atoms with E-state index in [0.717, 1.165) is 50.5 Å². The van der Waals surface area contributed by atoms with E-state index in [9.17, 15) is 0 Å². The highest BCUT2D eigenvalue weighted by atomic mass is 15.1. The van der Waals surface area contributed by atoms with Crippen molar-refractivity contribution in [2.24, 2.45) is 0 Å². The van der Waals surface area contributed by atoms with Crippen molar-refractivity contribution in [2.45, 2.75) is 6.92 Å².